The first kappa shape index (κ1) is 27.2. The monoisotopic (exact) mass is 539 g/mol. The molecule has 0 aliphatic carbocycles. The number of ketones is 1. The van der Waals surface area contributed by atoms with E-state index in [4.69, 9.17) is 4.74 Å². The predicted octanol–water partition coefficient (Wildman–Crippen LogP) is 5.03. The van der Waals surface area contributed by atoms with E-state index in [1.165, 1.54) is 6.20 Å². The number of aromatic nitrogens is 2. The second kappa shape index (κ2) is 10.8. The van der Waals surface area contributed by atoms with E-state index in [1.807, 2.05) is 30.6 Å². The summed E-state index contributed by atoms with van der Waals surface area (Å²) in [6.45, 7) is 8.88. The Morgan fingerprint density at radius 3 is 2.22 bits per heavy atom. The zero-order valence-electron chi connectivity index (χ0n) is 21.3. The molecule has 37 heavy (non-hydrogen) atoms. The molecule has 1 amide bonds. The summed E-state index contributed by atoms with van der Waals surface area (Å²) >= 11 is 0.826. The van der Waals surface area contributed by atoms with Gasteiger partial charge >= 0.3 is 12.3 Å². The second-order valence-corrected chi connectivity index (χ2v) is 11.3. The highest BCUT2D eigenvalue weighted by Gasteiger charge is 2.40. The first-order valence-corrected chi connectivity index (χ1v) is 13.3. The van der Waals surface area contributed by atoms with Crippen LogP contribution in [0.5, 0.6) is 0 Å². The fourth-order valence-electron chi connectivity index (χ4n) is 4.33. The van der Waals surface area contributed by atoms with Crippen LogP contribution in [0, 0.1) is 0 Å². The van der Waals surface area contributed by atoms with Gasteiger partial charge in [0.1, 0.15) is 16.3 Å². The van der Waals surface area contributed by atoms with E-state index in [0.29, 0.717) is 50.6 Å². The number of carbonyl (C=O) groups excluding carboxylic acids is 2. The van der Waals surface area contributed by atoms with Crippen LogP contribution >= 0.6 is 11.3 Å². The maximum atomic E-state index is 13.7. The van der Waals surface area contributed by atoms with Gasteiger partial charge in [0.2, 0.25) is 0 Å². The number of pyridine rings is 1. The number of hydrogen-bond donors (Lipinski definition) is 0. The molecule has 4 rings (SSSR count). The Morgan fingerprint density at radius 2 is 1.65 bits per heavy atom. The molecule has 0 unspecified atom stereocenters. The average molecular weight is 540 g/mol. The normalized spacial score (nSPS) is 17.2. The van der Waals surface area contributed by atoms with Crippen LogP contribution in [0.4, 0.5) is 28.9 Å². The summed E-state index contributed by atoms with van der Waals surface area (Å²) in [5.41, 5.74) is -1.13. The quantitative estimate of drug-likeness (QED) is 0.493. The van der Waals surface area contributed by atoms with Crippen molar-refractivity contribution in [1.29, 1.82) is 0 Å². The first-order valence-electron chi connectivity index (χ1n) is 12.4. The number of alkyl halides is 3. The lowest BCUT2D eigenvalue weighted by molar-refractivity contribution is -0.141. The highest BCUT2D eigenvalue weighted by molar-refractivity contribution is 7.17. The lowest BCUT2D eigenvalue weighted by Gasteiger charge is -2.36. The number of amides is 1. The Labute approximate surface area is 218 Å². The molecule has 0 bridgehead atoms. The Kier molecular flexibility index (Phi) is 7.96. The van der Waals surface area contributed by atoms with Gasteiger partial charge in [-0.1, -0.05) is 17.4 Å². The van der Waals surface area contributed by atoms with E-state index in [9.17, 15) is 22.8 Å². The molecule has 2 aromatic rings. The smallest absolute Gasteiger partial charge is 0.435 e. The van der Waals surface area contributed by atoms with Crippen molar-refractivity contribution >= 4 is 34.2 Å². The van der Waals surface area contributed by atoms with Crippen molar-refractivity contribution in [2.45, 2.75) is 58.2 Å². The first-order chi connectivity index (χ1) is 17.4. The second-order valence-electron chi connectivity index (χ2n) is 10.3. The molecule has 8 nitrogen and oxygen atoms in total. The van der Waals surface area contributed by atoms with Gasteiger partial charge in [-0.2, -0.15) is 13.2 Å². The summed E-state index contributed by atoms with van der Waals surface area (Å²) in [4.78, 5) is 38.6. The van der Waals surface area contributed by atoms with Gasteiger partial charge in [0.15, 0.2) is 16.6 Å². The van der Waals surface area contributed by atoms with Crippen molar-refractivity contribution in [3.8, 4) is 0 Å². The van der Waals surface area contributed by atoms with Gasteiger partial charge < -0.3 is 19.4 Å². The molecule has 12 heteroatoms. The number of piperazine rings is 1. The van der Waals surface area contributed by atoms with E-state index in [2.05, 4.69) is 9.97 Å². The van der Waals surface area contributed by atoms with Gasteiger partial charge in [0.25, 0.3) is 0 Å². The van der Waals surface area contributed by atoms with E-state index in [1.54, 1.807) is 17.0 Å². The highest BCUT2D eigenvalue weighted by atomic mass is 32.1. The zero-order chi connectivity index (χ0) is 26.8. The van der Waals surface area contributed by atoms with E-state index < -0.39 is 23.3 Å². The number of nitrogens with zero attached hydrogens (tertiary/aromatic N) is 5. The van der Waals surface area contributed by atoms with Gasteiger partial charge in [-0.15, -0.1) is 0 Å². The molecule has 0 radical (unpaired) electrons. The fourth-order valence-corrected chi connectivity index (χ4v) is 5.40. The van der Waals surface area contributed by atoms with Gasteiger partial charge in [-0.25, -0.2) is 14.8 Å². The van der Waals surface area contributed by atoms with Crippen LogP contribution in [0.3, 0.4) is 0 Å². The molecule has 2 aliphatic heterocycles. The zero-order valence-corrected chi connectivity index (χ0v) is 22.1. The molecule has 0 aromatic carbocycles. The minimum absolute atomic E-state index is 0.190. The lowest BCUT2D eigenvalue weighted by atomic mass is 10.1. The van der Waals surface area contributed by atoms with Gasteiger partial charge in [-0.05, 0) is 51.7 Å². The van der Waals surface area contributed by atoms with Crippen molar-refractivity contribution in [1.82, 2.24) is 14.9 Å². The molecule has 2 aromatic heterocycles. The molecule has 202 valence electrons. The molecular formula is C25H32F3N5O3S. The SMILES string of the molecule is CC(C)(C)OC(=O)N1CCN(c2ccc(CC(=O)c3sc(N4CCCCC4)nc3C(F)(F)F)cn2)CC1. The van der Waals surface area contributed by atoms with E-state index in [0.717, 1.165) is 30.6 Å². The summed E-state index contributed by atoms with van der Waals surface area (Å²) < 4.78 is 46.4. The number of piperidine rings is 1. The highest BCUT2D eigenvalue weighted by Crippen LogP contribution is 2.38. The van der Waals surface area contributed by atoms with Crippen molar-refractivity contribution in [3.63, 3.8) is 0 Å². The molecule has 2 saturated heterocycles. The Bertz CT molecular complexity index is 1100. The standard InChI is InChI=1S/C25H32F3N5O3S/c1-24(2,3)36-23(35)33-13-11-31(12-14-33)19-8-7-17(16-29-19)15-18(34)20-21(25(26,27)28)30-22(37-20)32-9-5-4-6-10-32/h7-8,16H,4-6,9-15H2,1-3H3. The minimum Gasteiger partial charge on any atom is -0.444 e. The maximum Gasteiger partial charge on any atom is 0.435 e. The third-order valence-electron chi connectivity index (χ3n) is 6.19. The third kappa shape index (κ3) is 6.91. The van der Waals surface area contributed by atoms with E-state index >= 15 is 0 Å². The van der Waals surface area contributed by atoms with Crippen molar-refractivity contribution in [2.75, 3.05) is 49.1 Å². The number of hydrogen-bond acceptors (Lipinski definition) is 8. The van der Waals surface area contributed by atoms with Crippen LogP contribution in [0.1, 0.15) is 61.0 Å². The van der Waals surface area contributed by atoms with Gasteiger partial charge in [-0.3, -0.25) is 4.79 Å². The molecule has 0 saturated carbocycles. The van der Waals surface area contributed by atoms with Crippen LogP contribution in [0.25, 0.3) is 0 Å². The predicted molar refractivity (Wildman–Crippen MR) is 135 cm³/mol. The number of Topliss-reactive ketones (excluding diaryl/α,β-unsaturated/α-hetero) is 1. The number of halogens is 3. The van der Waals surface area contributed by atoms with Crippen molar-refractivity contribution in [3.05, 3.63) is 34.5 Å². The summed E-state index contributed by atoms with van der Waals surface area (Å²) in [5, 5.41) is 0.259. The maximum absolute atomic E-state index is 13.7. The van der Waals surface area contributed by atoms with Crippen molar-refractivity contribution in [2.24, 2.45) is 0 Å². The minimum atomic E-state index is -4.70. The van der Waals surface area contributed by atoms with Crippen molar-refractivity contribution < 1.29 is 27.5 Å². The van der Waals surface area contributed by atoms with Crippen LogP contribution in [-0.2, 0) is 17.3 Å². The van der Waals surface area contributed by atoms with Crippen LogP contribution < -0.4 is 9.80 Å². The Morgan fingerprint density at radius 1 is 0.973 bits per heavy atom. The van der Waals surface area contributed by atoms with Crippen LogP contribution in [-0.4, -0.2) is 71.6 Å². The lowest BCUT2D eigenvalue weighted by Crippen LogP contribution is -2.50. The van der Waals surface area contributed by atoms with Crippen LogP contribution in [0.15, 0.2) is 18.3 Å². The van der Waals surface area contributed by atoms with E-state index in [-0.39, 0.29) is 22.5 Å². The average Bonchev–Trinajstić information content (AvgIpc) is 3.31. The molecule has 2 aliphatic rings. The summed E-state index contributed by atoms with van der Waals surface area (Å²) in [6, 6.07) is 3.46. The summed E-state index contributed by atoms with van der Waals surface area (Å²) in [5.74, 6) is 0.0646. The molecule has 4 heterocycles. The molecule has 2 fully saturated rings. The fraction of sp³-hybridized carbons (Fsp3) is 0.600. The molecular weight excluding hydrogens is 507 g/mol. The van der Waals surface area contributed by atoms with Gasteiger partial charge in [0, 0.05) is 51.9 Å². The number of ether oxygens (including phenoxy) is 1. The molecule has 0 atom stereocenters. The topological polar surface area (TPSA) is 78.9 Å². The molecule has 0 N–H and O–H groups in total. The Hall–Kier alpha value is -2.89. The number of thiazole rings is 1. The number of rotatable bonds is 5. The summed E-state index contributed by atoms with van der Waals surface area (Å²) in [6.07, 6.45) is -0.867. The third-order valence-corrected chi connectivity index (χ3v) is 7.35. The largest absolute Gasteiger partial charge is 0.444 e. The van der Waals surface area contributed by atoms with Crippen LogP contribution in [0.2, 0.25) is 0 Å². The number of carbonyl (C=O) groups is 2. The summed E-state index contributed by atoms with van der Waals surface area (Å²) in [7, 11) is 0. The molecule has 0 spiro atoms. The Balaban J connectivity index is 1.39. The number of anilines is 2. The van der Waals surface area contributed by atoms with Gasteiger partial charge in [0.05, 0.1) is 0 Å².